The number of benzene rings is 1. The Balaban J connectivity index is 1.33. The van der Waals surface area contributed by atoms with Crippen molar-refractivity contribution >= 4 is 34.4 Å². The van der Waals surface area contributed by atoms with Crippen LogP contribution in [0.25, 0.3) is 10.9 Å². The zero-order valence-corrected chi connectivity index (χ0v) is 15.3. The number of carbonyl (C=O) groups is 2. The summed E-state index contributed by atoms with van der Waals surface area (Å²) in [6, 6.07) is 11.1. The topological polar surface area (TPSA) is 91.3 Å². The molecule has 8 heteroatoms. The van der Waals surface area contributed by atoms with Crippen LogP contribution in [0.1, 0.15) is 6.42 Å². The van der Waals surface area contributed by atoms with E-state index in [1.54, 1.807) is 35.6 Å². The van der Waals surface area contributed by atoms with Crippen molar-refractivity contribution in [2.45, 2.75) is 6.42 Å². The number of hydrogen-bond acceptors (Lipinski definition) is 6. The van der Waals surface area contributed by atoms with Gasteiger partial charge in [-0.25, -0.2) is 9.97 Å². The third-order valence-corrected chi connectivity index (χ3v) is 4.69. The van der Waals surface area contributed by atoms with E-state index in [1.165, 1.54) is 0 Å². The molecule has 1 fully saturated rings. The zero-order valence-electron chi connectivity index (χ0n) is 15.3. The molecule has 1 aromatic carbocycles. The van der Waals surface area contributed by atoms with Crippen LogP contribution in [0, 0.1) is 0 Å². The molecule has 0 atom stereocenters. The highest BCUT2D eigenvalue weighted by atomic mass is 16.2. The summed E-state index contributed by atoms with van der Waals surface area (Å²) >= 11 is 0. The van der Waals surface area contributed by atoms with Crippen LogP contribution in [0.15, 0.2) is 55.0 Å². The van der Waals surface area contributed by atoms with Gasteiger partial charge in [-0.2, -0.15) is 0 Å². The number of nitrogens with one attached hydrogen (secondary N) is 1. The molecule has 142 valence electrons. The van der Waals surface area contributed by atoms with Gasteiger partial charge < -0.3 is 15.1 Å². The summed E-state index contributed by atoms with van der Waals surface area (Å²) in [6.07, 6.45) is 4.89. The molecule has 4 rings (SSSR count). The summed E-state index contributed by atoms with van der Waals surface area (Å²) in [7, 11) is 0. The largest absolute Gasteiger partial charge is 0.339 e. The van der Waals surface area contributed by atoms with Gasteiger partial charge in [0, 0.05) is 50.2 Å². The summed E-state index contributed by atoms with van der Waals surface area (Å²) in [5.41, 5.74) is 1.32. The minimum atomic E-state index is -0.336. The Hall–Kier alpha value is -3.55. The van der Waals surface area contributed by atoms with Crippen molar-refractivity contribution in [1.29, 1.82) is 0 Å². The molecule has 2 aromatic heterocycles. The Morgan fingerprint density at radius 2 is 1.61 bits per heavy atom. The molecule has 0 saturated carbocycles. The number of nitrogens with zero attached hydrogens (tertiary/aromatic N) is 5. The normalized spacial score (nSPS) is 14.1. The van der Waals surface area contributed by atoms with Crippen molar-refractivity contribution in [3.63, 3.8) is 0 Å². The quantitative estimate of drug-likeness (QED) is 0.697. The first kappa shape index (κ1) is 17.8. The van der Waals surface area contributed by atoms with Gasteiger partial charge >= 0.3 is 0 Å². The predicted octanol–water partition coefficient (Wildman–Crippen LogP) is 1.70. The van der Waals surface area contributed by atoms with E-state index in [9.17, 15) is 9.59 Å². The average Bonchev–Trinajstić information content (AvgIpc) is 2.75. The molecule has 1 saturated heterocycles. The second-order valence-corrected chi connectivity index (χ2v) is 6.52. The molecule has 3 aromatic rings. The second-order valence-electron chi connectivity index (χ2n) is 6.52. The van der Waals surface area contributed by atoms with Crippen LogP contribution in [0.2, 0.25) is 0 Å². The number of piperazine rings is 1. The maximum atomic E-state index is 12.5. The van der Waals surface area contributed by atoms with Crippen LogP contribution in [-0.4, -0.2) is 57.8 Å². The van der Waals surface area contributed by atoms with Crippen molar-refractivity contribution in [3.05, 3.63) is 55.0 Å². The number of aromatic nitrogens is 3. The summed E-state index contributed by atoms with van der Waals surface area (Å²) in [5.74, 6) is 0.145. The highest BCUT2D eigenvalue weighted by Crippen LogP contribution is 2.21. The van der Waals surface area contributed by atoms with Crippen molar-refractivity contribution in [2.24, 2.45) is 0 Å². The van der Waals surface area contributed by atoms with Crippen LogP contribution >= 0.6 is 0 Å². The van der Waals surface area contributed by atoms with Gasteiger partial charge in [-0.05, 0) is 18.2 Å². The maximum Gasteiger partial charge on any atom is 0.233 e. The van der Waals surface area contributed by atoms with E-state index < -0.39 is 0 Å². The van der Waals surface area contributed by atoms with E-state index in [0.717, 1.165) is 5.39 Å². The standard InChI is InChI=1S/C20H20N6O2/c27-17(24-16-6-1-4-15-5-2-7-21-19(15)16)14-18(28)25-10-12-26(13-11-25)20-22-8-3-9-23-20/h1-9H,10-14H2,(H,24,27). The van der Waals surface area contributed by atoms with Crippen LogP contribution in [0.4, 0.5) is 11.6 Å². The van der Waals surface area contributed by atoms with Gasteiger partial charge in [0.05, 0.1) is 11.2 Å². The van der Waals surface area contributed by atoms with Crippen LogP contribution in [0.3, 0.4) is 0 Å². The first-order chi connectivity index (χ1) is 13.7. The number of carbonyl (C=O) groups excluding carboxylic acids is 2. The fourth-order valence-corrected chi connectivity index (χ4v) is 3.26. The van der Waals surface area contributed by atoms with Crippen LogP contribution < -0.4 is 10.2 Å². The number of fused-ring (bicyclic) bond motifs is 1. The highest BCUT2D eigenvalue weighted by molar-refractivity contribution is 6.07. The minimum Gasteiger partial charge on any atom is -0.339 e. The van der Waals surface area contributed by atoms with Gasteiger partial charge in [0.25, 0.3) is 0 Å². The molecule has 1 N–H and O–H groups in total. The molecule has 3 heterocycles. The predicted molar refractivity (Wildman–Crippen MR) is 106 cm³/mol. The molecule has 8 nitrogen and oxygen atoms in total. The summed E-state index contributed by atoms with van der Waals surface area (Å²) < 4.78 is 0. The smallest absolute Gasteiger partial charge is 0.233 e. The summed E-state index contributed by atoms with van der Waals surface area (Å²) in [4.78, 5) is 41.4. The lowest BCUT2D eigenvalue weighted by Gasteiger charge is -2.34. The lowest BCUT2D eigenvalue weighted by atomic mass is 10.2. The lowest BCUT2D eigenvalue weighted by molar-refractivity contribution is -0.134. The van der Waals surface area contributed by atoms with E-state index in [4.69, 9.17) is 0 Å². The maximum absolute atomic E-state index is 12.5. The van der Waals surface area contributed by atoms with Gasteiger partial charge in [0.2, 0.25) is 17.8 Å². The SMILES string of the molecule is O=C(CC(=O)N1CCN(c2ncccn2)CC1)Nc1cccc2cccnc12. The van der Waals surface area contributed by atoms with Crippen LogP contribution in [0.5, 0.6) is 0 Å². The molecule has 1 aliphatic heterocycles. The Kier molecular flexibility index (Phi) is 5.09. The Bertz CT molecular complexity index is 981. The molecule has 28 heavy (non-hydrogen) atoms. The van der Waals surface area contributed by atoms with Gasteiger partial charge in [-0.1, -0.05) is 18.2 Å². The van der Waals surface area contributed by atoms with E-state index in [-0.39, 0.29) is 18.2 Å². The monoisotopic (exact) mass is 376 g/mol. The molecular weight excluding hydrogens is 356 g/mol. The first-order valence-corrected chi connectivity index (χ1v) is 9.14. The molecule has 0 bridgehead atoms. The number of anilines is 2. The van der Waals surface area contributed by atoms with E-state index in [0.29, 0.717) is 43.3 Å². The second kappa shape index (κ2) is 7.99. The number of pyridine rings is 1. The molecule has 0 radical (unpaired) electrons. The molecule has 0 spiro atoms. The molecule has 0 aliphatic carbocycles. The first-order valence-electron chi connectivity index (χ1n) is 9.14. The van der Waals surface area contributed by atoms with Gasteiger partial charge in [-0.15, -0.1) is 0 Å². The number of para-hydroxylation sites is 1. The molecule has 0 unspecified atom stereocenters. The zero-order chi connectivity index (χ0) is 19.3. The lowest BCUT2D eigenvalue weighted by Crippen LogP contribution is -2.49. The minimum absolute atomic E-state index is 0.181. The fourth-order valence-electron chi connectivity index (χ4n) is 3.26. The Morgan fingerprint density at radius 1 is 0.893 bits per heavy atom. The number of rotatable bonds is 4. The van der Waals surface area contributed by atoms with Gasteiger partial charge in [0.15, 0.2) is 0 Å². The fraction of sp³-hybridized carbons (Fsp3) is 0.250. The van der Waals surface area contributed by atoms with Gasteiger partial charge in [0.1, 0.15) is 6.42 Å². The van der Waals surface area contributed by atoms with Crippen molar-refractivity contribution in [1.82, 2.24) is 19.9 Å². The van der Waals surface area contributed by atoms with Gasteiger partial charge in [-0.3, -0.25) is 14.6 Å². The molecule has 2 amide bonds. The van der Waals surface area contributed by atoms with Crippen molar-refractivity contribution in [3.8, 4) is 0 Å². The Labute approximate surface area is 162 Å². The number of amides is 2. The third-order valence-electron chi connectivity index (χ3n) is 4.69. The summed E-state index contributed by atoms with van der Waals surface area (Å²) in [6.45, 7) is 2.37. The molecular formula is C20H20N6O2. The number of hydrogen-bond donors (Lipinski definition) is 1. The van der Waals surface area contributed by atoms with E-state index in [2.05, 4.69) is 20.3 Å². The van der Waals surface area contributed by atoms with Crippen molar-refractivity contribution in [2.75, 3.05) is 36.4 Å². The van der Waals surface area contributed by atoms with Crippen molar-refractivity contribution < 1.29 is 9.59 Å². The molecule has 1 aliphatic rings. The Morgan fingerprint density at radius 3 is 2.39 bits per heavy atom. The summed E-state index contributed by atoms with van der Waals surface area (Å²) in [5, 5.41) is 3.75. The average molecular weight is 376 g/mol. The van der Waals surface area contributed by atoms with E-state index >= 15 is 0 Å². The highest BCUT2D eigenvalue weighted by Gasteiger charge is 2.24. The van der Waals surface area contributed by atoms with E-state index in [1.807, 2.05) is 29.2 Å². The van der Waals surface area contributed by atoms with Crippen LogP contribution in [-0.2, 0) is 9.59 Å². The third kappa shape index (κ3) is 3.90.